The molecule has 3 heterocycles. The van der Waals surface area contributed by atoms with Gasteiger partial charge in [-0.1, -0.05) is 11.6 Å². The van der Waals surface area contributed by atoms with Crippen molar-refractivity contribution in [3.05, 3.63) is 46.7 Å². The third kappa shape index (κ3) is 2.22. The van der Waals surface area contributed by atoms with Gasteiger partial charge in [-0.2, -0.15) is 0 Å². The average Bonchev–Trinajstić information content (AvgIpc) is 3.10. The number of nitrogens with one attached hydrogen (secondary N) is 2. The largest absolute Gasteiger partial charge is 0.359 e. The number of fused-ring (bicyclic) bond motifs is 2. The number of nitrogens with zero attached hydrogens (tertiary/aromatic N) is 2. The summed E-state index contributed by atoms with van der Waals surface area (Å²) in [7, 11) is -1.49. The molecule has 2 N–H and O–H groups in total. The third-order valence-electron chi connectivity index (χ3n) is 3.32. The highest BCUT2D eigenvalue weighted by molar-refractivity contribution is 7.86. The molecular formula is C14H11ClN4OS2. The van der Waals surface area contributed by atoms with Gasteiger partial charge in [0.2, 0.25) is 0 Å². The minimum Gasteiger partial charge on any atom is -0.359 e. The van der Waals surface area contributed by atoms with Crippen LogP contribution in [0.1, 0.15) is 5.69 Å². The van der Waals surface area contributed by atoms with Crippen LogP contribution >= 0.6 is 22.9 Å². The molecule has 112 valence electrons. The number of thiazole rings is 1. The predicted octanol–water partition coefficient (Wildman–Crippen LogP) is 3.97. The monoisotopic (exact) mass is 350 g/mol. The number of rotatable bonds is 3. The fourth-order valence-corrected chi connectivity index (χ4v) is 4.57. The summed E-state index contributed by atoms with van der Waals surface area (Å²) >= 11 is 7.56. The van der Waals surface area contributed by atoms with Crippen molar-refractivity contribution < 1.29 is 4.21 Å². The van der Waals surface area contributed by atoms with Crippen molar-refractivity contribution in [1.82, 2.24) is 14.4 Å². The zero-order valence-electron chi connectivity index (χ0n) is 11.5. The summed E-state index contributed by atoms with van der Waals surface area (Å²) in [6.45, 7) is 2.00. The molecule has 5 nitrogen and oxygen atoms in total. The number of imidazole rings is 1. The first-order valence-corrected chi connectivity index (χ1v) is 8.91. The Hall–Kier alpha value is -1.83. The summed E-state index contributed by atoms with van der Waals surface area (Å²) in [6, 6.07) is 7.85. The number of aromatic amines is 1. The molecule has 4 aromatic rings. The van der Waals surface area contributed by atoms with Gasteiger partial charge >= 0.3 is 0 Å². The van der Waals surface area contributed by atoms with E-state index < -0.39 is 11.0 Å². The lowest BCUT2D eigenvalue weighted by atomic mass is 10.2. The van der Waals surface area contributed by atoms with Gasteiger partial charge in [-0.15, -0.1) is 11.3 Å². The summed E-state index contributed by atoms with van der Waals surface area (Å²) < 4.78 is 17.3. The number of benzene rings is 1. The van der Waals surface area contributed by atoms with Crippen LogP contribution in [0.25, 0.3) is 15.9 Å². The van der Waals surface area contributed by atoms with Gasteiger partial charge in [-0.3, -0.25) is 9.12 Å². The van der Waals surface area contributed by atoms with E-state index in [0.717, 1.165) is 27.2 Å². The highest BCUT2D eigenvalue weighted by atomic mass is 35.5. The highest BCUT2D eigenvalue weighted by Crippen LogP contribution is 2.26. The zero-order valence-corrected chi connectivity index (χ0v) is 13.9. The van der Waals surface area contributed by atoms with E-state index >= 15 is 0 Å². The summed E-state index contributed by atoms with van der Waals surface area (Å²) in [5.74, 6) is 0. The van der Waals surface area contributed by atoms with E-state index in [2.05, 4.69) is 14.7 Å². The zero-order chi connectivity index (χ0) is 15.3. The van der Waals surface area contributed by atoms with Crippen molar-refractivity contribution >= 4 is 55.5 Å². The maximum Gasteiger partial charge on any atom is 0.196 e. The van der Waals surface area contributed by atoms with Gasteiger partial charge in [0.05, 0.1) is 0 Å². The maximum absolute atomic E-state index is 12.6. The minimum atomic E-state index is -1.49. The molecule has 0 fully saturated rings. The molecule has 1 atom stereocenters. The van der Waals surface area contributed by atoms with Crippen molar-refractivity contribution in [2.45, 2.75) is 11.9 Å². The first-order valence-electron chi connectivity index (χ1n) is 6.51. The summed E-state index contributed by atoms with van der Waals surface area (Å²) in [6.07, 6.45) is 1.81. The maximum atomic E-state index is 12.6. The van der Waals surface area contributed by atoms with Gasteiger partial charge in [-0.05, 0) is 31.2 Å². The van der Waals surface area contributed by atoms with Crippen LogP contribution in [0.3, 0.4) is 0 Å². The highest BCUT2D eigenvalue weighted by Gasteiger charge is 2.18. The minimum absolute atomic E-state index is 0.260. The molecule has 1 aromatic carbocycles. The molecule has 0 bridgehead atoms. The molecule has 0 aliphatic carbocycles. The summed E-state index contributed by atoms with van der Waals surface area (Å²) in [4.78, 5) is 8.19. The van der Waals surface area contributed by atoms with Crippen molar-refractivity contribution in [2.75, 3.05) is 4.72 Å². The van der Waals surface area contributed by atoms with Crippen molar-refractivity contribution in [2.24, 2.45) is 0 Å². The lowest BCUT2D eigenvalue weighted by Crippen LogP contribution is -2.07. The van der Waals surface area contributed by atoms with Crippen LogP contribution < -0.4 is 4.72 Å². The van der Waals surface area contributed by atoms with Gasteiger partial charge in [0.15, 0.2) is 26.1 Å². The Balaban J connectivity index is 1.70. The lowest BCUT2D eigenvalue weighted by molar-refractivity contribution is 0.683. The second-order valence-electron chi connectivity index (χ2n) is 4.89. The average molecular weight is 351 g/mol. The molecule has 8 heteroatoms. The van der Waals surface area contributed by atoms with Crippen LogP contribution in [0.2, 0.25) is 5.15 Å². The van der Waals surface area contributed by atoms with E-state index in [4.69, 9.17) is 11.6 Å². The van der Waals surface area contributed by atoms with Crippen LogP contribution in [0.15, 0.2) is 40.9 Å². The van der Waals surface area contributed by atoms with Crippen LogP contribution in [0, 0.1) is 6.92 Å². The van der Waals surface area contributed by atoms with E-state index in [1.54, 1.807) is 4.40 Å². The first-order chi connectivity index (χ1) is 10.6. The molecule has 0 amide bonds. The molecule has 3 aromatic heterocycles. The number of anilines is 1. The molecule has 0 radical (unpaired) electrons. The van der Waals surface area contributed by atoms with Gasteiger partial charge in [0.25, 0.3) is 0 Å². The van der Waals surface area contributed by atoms with Crippen molar-refractivity contribution in [3.8, 4) is 0 Å². The van der Waals surface area contributed by atoms with Gasteiger partial charge in [0, 0.05) is 33.9 Å². The van der Waals surface area contributed by atoms with Crippen molar-refractivity contribution in [3.63, 3.8) is 0 Å². The topological polar surface area (TPSA) is 62.2 Å². The quantitative estimate of drug-likeness (QED) is 0.587. The standard InChI is InChI=1S/C14H11ClN4OS2/c1-8-6-9-7-10(2-3-11(9)16-8)18-22(20)13-12(15)17-14-19(13)4-5-21-14/h2-7,16,18H,1H3. The Bertz CT molecular complexity index is 1020. The van der Waals surface area contributed by atoms with E-state index in [1.807, 2.05) is 42.8 Å². The molecule has 4 rings (SSSR count). The second-order valence-corrected chi connectivity index (χ2v) is 7.25. The predicted molar refractivity (Wildman–Crippen MR) is 91.1 cm³/mol. The Morgan fingerprint density at radius 3 is 3.14 bits per heavy atom. The Kier molecular flexibility index (Phi) is 3.21. The number of hydrogen-bond donors (Lipinski definition) is 2. The third-order valence-corrected chi connectivity index (χ3v) is 5.61. The normalized spacial score (nSPS) is 13.0. The van der Waals surface area contributed by atoms with Gasteiger partial charge in [0.1, 0.15) is 0 Å². The van der Waals surface area contributed by atoms with E-state index in [1.165, 1.54) is 11.3 Å². The van der Waals surface area contributed by atoms with Gasteiger partial charge in [-0.25, -0.2) is 9.19 Å². The molecule has 0 saturated carbocycles. The first kappa shape index (κ1) is 13.8. The van der Waals surface area contributed by atoms with Crippen LogP contribution in [0.4, 0.5) is 5.69 Å². The molecule has 1 unspecified atom stereocenters. The molecule has 22 heavy (non-hydrogen) atoms. The Morgan fingerprint density at radius 2 is 2.27 bits per heavy atom. The summed E-state index contributed by atoms with van der Waals surface area (Å²) in [5.41, 5.74) is 2.91. The van der Waals surface area contributed by atoms with Crippen LogP contribution in [-0.4, -0.2) is 18.6 Å². The molecule has 0 aliphatic heterocycles. The van der Waals surface area contributed by atoms with E-state index in [9.17, 15) is 4.21 Å². The van der Waals surface area contributed by atoms with E-state index in [-0.39, 0.29) is 5.15 Å². The number of H-pyrrole nitrogens is 1. The van der Waals surface area contributed by atoms with Crippen LogP contribution in [0.5, 0.6) is 0 Å². The second kappa shape index (κ2) is 5.12. The van der Waals surface area contributed by atoms with Gasteiger partial charge < -0.3 is 4.98 Å². The molecule has 0 spiro atoms. The number of halogens is 1. The van der Waals surface area contributed by atoms with Crippen molar-refractivity contribution in [1.29, 1.82) is 0 Å². The lowest BCUT2D eigenvalue weighted by Gasteiger charge is -2.05. The van der Waals surface area contributed by atoms with E-state index in [0.29, 0.717) is 5.03 Å². The SMILES string of the molecule is Cc1cc2cc(NS(=O)c3c(Cl)nc4sccn34)ccc2[nH]1. The number of aromatic nitrogens is 3. The Labute approximate surface area is 137 Å². The number of hydrogen-bond acceptors (Lipinski definition) is 3. The Morgan fingerprint density at radius 1 is 1.41 bits per heavy atom. The fraction of sp³-hybridized carbons (Fsp3) is 0.0714. The number of aryl methyl sites for hydroxylation is 1. The molecule has 0 aliphatic rings. The smallest absolute Gasteiger partial charge is 0.196 e. The summed E-state index contributed by atoms with van der Waals surface area (Å²) in [5, 5.41) is 3.67. The molecule has 0 saturated heterocycles. The fourth-order valence-electron chi connectivity index (χ4n) is 2.40. The molecular weight excluding hydrogens is 340 g/mol. The van der Waals surface area contributed by atoms with Crippen LogP contribution in [-0.2, 0) is 11.0 Å².